The third-order valence-electron chi connectivity index (χ3n) is 3.82. The minimum absolute atomic E-state index is 0.234. The maximum absolute atomic E-state index is 8.88. The molecule has 16 heavy (non-hydrogen) atoms. The standard InChI is InChI=1S/C13H24O3/c1-11(5-8-14)9-12-10-15-13(16-12)6-3-2-4-7-13/h11-12,14H,2-10H2,1H3/t11?,12-/m0/s1. The number of hydrogen-bond acceptors (Lipinski definition) is 3. The van der Waals surface area contributed by atoms with Crippen LogP contribution in [0.2, 0.25) is 0 Å². The highest BCUT2D eigenvalue weighted by atomic mass is 16.7. The van der Waals surface area contributed by atoms with E-state index in [1.54, 1.807) is 0 Å². The predicted octanol–water partition coefficient (Wildman–Crippen LogP) is 2.47. The van der Waals surface area contributed by atoms with Crippen molar-refractivity contribution in [2.45, 2.75) is 63.8 Å². The molecule has 1 saturated heterocycles. The Hall–Kier alpha value is -0.120. The van der Waals surface area contributed by atoms with Gasteiger partial charge in [0, 0.05) is 19.4 Å². The van der Waals surface area contributed by atoms with Gasteiger partial charge in [-0.15, -0.1) is 0 Å². The van der Waals surface area contributed by atoms with Gasteiger partial charge in [-0.3, -0.25) is 0 Å². The topological polar surface area (TPSA) is 38.7 Å². The van der Waals surface area contributed by atoms with Gasteiger partial charge in [-0.1, -0.05) is 13.3 Å². The number of aliphatic hydroxyl groups excluding tert-OH is 1. The largest absolute Gasteiger partial charge is 0.396 e. The van der Waals surface area contributed by atoms with Crippen LogP contribution in [0.5, 0.6) is 0 Å². The molecule has 2 atom stereocenters. The van der Waals surface area contributed by atoms with Crippen molar-refractivity contribution in [3.8, 4) is 0 Å². The van der Waals surface area contributed by atoms with E-state index in [1.165, 1.54) is 19.3 Å². The van der Waals surface area contributed by atoms with Crippen molar-refractivity contribution in [1.29, 1.82) is 0 Å². The summed E-state index contributed by atoms with van der Waals surface area (Å²) in [5.74, 6) is 0.291. The molecule has 1 aliphatic carbocycles. The molecular formula is C13H24O3. The van der Waals surface area contributed by atoms with Crippen molar-refractivity contribution in [3.63, 3.8) is 0 Å². The van der Waals surface area contributed by atoms with Crippen molar-refractivity contribution in [2.75, 3.05) is 13.2 Å². The van der Waals surface area contributed by atoms with Crippen molar-refractivity contribution < 1.29 is 14.6 Å². The first kappa shape index (κ1) is 12.3. The van der Waals surface area contributed by atoms with E-state index in [2.05, 4.69) is 6.92 Å². The molecule has 2 fully saturated rings. The summed E-state index contributed by atoms with van der Waals surface area (Å²) < 4.78 is 12.0. The Balaban J connectivity index is 1.78. The lowest BCUT2D eigenvalue weighted by Gasteiger charge is -2.32. The average molecular weight is 228 g/mol. The molecule has 3 nitrogen and oxygen atoms in total. The first-order valence-corrected chi connectivity index (χ1v) is 6.67. The lowest BCUT2D eigenvalue weighted by molar-refractivity contribution is -0.188. The van der Waals surface area contributed by atoms with Gasteiger partial charge in [0.15, 0.2) is 5.79 Å². The molecule has 1 spiro atoms. The van der Waals surface area contributed by atoms with Gasteiger partial charge in [-0.25, -0.2) is 0 Å². The molecule has 1 aliphatic heterocycles. The molecule has 1 heterocycles. The highest BCUT2D eigenvalue weighted by molar-refractivity contribution is 4.82. The summed E-state index contributed by atoms with van der Waals surface area (Å²) in [6.07, 6.45) is 8.06. The number of aliphatic hydroxyl groups is 1. The Morgan fingerprint density at radius 1 is 1.31 bits per heavy atom. The van der Waals surface area contributed by atoms with Crippen LogP contribution in [0.3, 0.4) is 0 Å². The van der Waals surface area contributed by atoms with E-state index in [0.717, 1.165) is 32.3 Å². The molecular weight excluding hydrogens is 204 g/mol. The molecule has 0 aromatic heterocycles. The minimum atomic E-state index is -0.234. The van der Waals surface area contributed by atoms with Crippen LogP contribution in [0, 0.1) is 5.92 Å². The molecule has 0 amide bonds. The highest BCUT2D eigenvalue weighted by Gasteiger charge is 2.42. The second-order valence-corrected chi connectivity index (χ2v) is 5.38. The first-order valence-electron chi connectivity index (χ1n) is 6.67. The summed E-state index contributed by atoms with van der Waals surface area (Å²) >= 11 is 0. The third-order valence-corrected chi connectivity index (χ3v) is 3.82. The van der Waals surface area contributed by atoms with Crippen molar-refractivity contribution >= 4 is 0 Å². The van der Waals surface area contributed by atoms with Gasteiger partial charge < -0.3 is 14.6 Å². The molecule has 1 saturated carbocycles. The Kier molecular flexibility index (Phi) is 4.22. The fourth-order valence-corrected chi connectivity index (χ4v) is 2.87. The van der Waals surface area contributed by atoms with Crippen LogP contribution in [-0.4, -0.2) is 30.2 Å². The average Bonchev–Trinajstić information content (AvgIpc) is 2.63. The molecule has 0 bridgehead atoms. The summed E-state index contributed by atoms with van der Waals surface area (Å²) in [5.41, 5.74) is 0. The van der Waals surface area contributed by atoms with Crippen LogP contribution < -0.4 is 0 Å². The van der Waals surface area contributed by atoms with E-state index in [-0.39, 0.29) is 18.5 Å². The van der Waals surface area contributed by atoms with Crippen LogP contribution in [0.1, 0.15) is 51.9 Å². The lowest BCUT2D eigenvalue weighted by Crippen LogP contribution is -2.33. The number of ether oxygens (including phenoxy) is 2. The Morgan fingerprint density at radius 3 is 2.75 bits per heavy atom. The summed E-state index contributed by atoms with van der Waals surface area (Å²) in [6, 6.07) is 0. The smallest absolute Gasteiger partial charge is 0.168 e. The van der Waals surface area contributed by atoms with E-state index in [9.17, 15) is 0 Å². The summed E-state index contributed by atoms with van der Waals surface area (Å²) in [5, 5.41) is 8.88. The molecule has 3 heteroatoms. The van der Waals surface area contributed by atoms with Crippen LogP contribution in [-0.2, 0) is 9.47 Å². The van der Waals surface area contributed by atoms with Crippen LogP contribution >= 0.6 is 0 Å². The quantitative estimate of drug-likeness (QED) is 0.803. The van der Waals surface area contributed by atoms with Crippen LogP contribution in [0.15, 0.2) is 0 Å². The third kappa shape index (κ3) is 2.96. The second-order valence-electron chi connectivity index (χ2n) is 5.38. The molecule has 0 radical (unpaired) electrons. The van der Waals surface area contributed by atoms with Gasteiger partial charge in [-0.05, 0) is 31.6 Å². The zero-order valence-electron chi connectivity index (χ0n) is 10.3. The van der Waals surface area contributed by atoms with Crippen molar-refractivity contribution in [2.24, 2.45) is 5.92 Å². The Bertz CT molecular complexity index is 211. The lowest BCUT2D eigenvalue weighted by atomic mass is 9.94. The number of rotatable bonds is 4. The van der Waals surface area contributed by atoms with E-state index >= 15 is 0 Å². The maximum Gasteiger partial charge on any atom is 0.168 e. The van der Waals surface area contributed by atoms with E-state index in [0.29, 0.717) is 5.92 Å². The van der Waals surface area contributed by atoms with Crippen LogP contribution in [0.25, 0.3) is 0 Å². The van der Waals surface area contributed by atoms with Crippen molar-refractivity contribution in [3.05, 3.63) is 0 Å². The molecule has 0 aromatic carbocycles. The number of hydrogen-bond donors (Lipinski definition) is 1. The zero-order chi connectivity index (χ0) is 11.4. The summed E-state index contributed by atoms with van der Waals surface area (Å²) in [4.78, 5) is 0. The summed E-state index contributed by atoms with van der Waals surface area (Å²) in [7, 11) is 0. The van der Waals surface area contributed by atoms with E-state index < -0.39 is 0 Å². The normalized spacial score (nSPS) is 30.8. The Morgan fingerprint density at radius 2 is 2.06 bits per heavy atom. The molecule has 1 N–H and O–H groups in total. The van der Waals surface area contributed by atoms with Crippen LogP contribution in [0.4, 0.5) is 0 Å². The molecule has 1 unspecified atom stereocenters. The summed E-state index contributed by atoms with van der Waals surface area (Å²) in [6.45, 7) is 3.20. The molecule has 2 aliphatic rings. The predicted molar refractivity (Wildman–Crippen MR) is 62.1 cm³/mol. The van der Waals surface area contributed by atoms with Gasteiger partial charge in [-0.2, -0.15) is 0 Å². The zero-order valence-corrected chi connectivity index (χ0v) is 10.3. The minimum Gasteiger partial charge on any atom is -0.396 e. The van der Waals surface area contributed by atoms with E-state index in [4.69, 9.17) is 14.6 Å². The van der Waals surface area contributed by atoms with E-state index in [1.807, 2.05) is 0 Å². The van der Waals surface area contributed by atoms with Gasteiger partial charge >= 0.3 is 0 Å². The van der Waals surface area contributed by atoms with Crippen molar-refractivity contribution in [1.82, 2.24) is 0 Å². The van der Waals surface area contributed by atoms with Gasteiger partial charge in [0.25, 0.3) is 0 Å². The fraction of sp³-hybridized carbons (Fsp3) is 1.00. The van der Waals surface area contributed by atoms with Gasteiger partial charge in [0.05, 0.1) is 12.7 Å². The molecule has 0 aromatic rings. The maximum atomic E-state index is 8.88. The molecule has 2 rings (SSSR count). The first-order chi connectivity index (χ1) is 7.74. The van der Waals surface area contributed by atoms with Gasteiger partial charge in [0.1, 0.15) is 0 Å². The fourth-order valence-electron chi connectivity index (χ4n) is 2.87. The highest BCUT2D eigenvalue weighted by Crippen LogP contribution is 2.39. The second kappa shape index (κ2) is 5.48. The SMILES string of the molecule is CC(CCO)C[C@H]1COC2(CCCCC2)O1. The Labute approximate surface area is 98.1 Å². The molecule has 94 valence electrons. The monoisotopic (exact) mass is 228 g/mol. The van der Waals surface area contributed by atoms with Gasteiger partial charge in [0.2, 0.25) is 0 Å².